The van der Waals surface area contributed by atoms with Crippen molar-refractivity contribution in [3.63, 3.8) is 0 Å². The van der Waals surface area contributed by atoms with Gasteiger partial charge < -0.3 is 14.7 Å². The number of aromatic nitrogens is 3. The van der Waals surface area contributed by atoms with Gasteiger partial charge in [-0.1, -0.05) is 23.4 Å². The molecule has 0 spiro atoms. The summed E-state index contributed by atoms with van der Waals surface area (Å²) in [6.07, 6.45) is 3.38. The molecule has 3 aromatic rings. The van der Waals surface area contributed by atoms with Crippen LogP contribution in [0.4, 0.5) is 0 Å². The minimum absolute atomic E-state index is 0. The summed E-state index contributed by atoms with van der Waals surface area (Å²) < 4.78 is 11.1. The van der Waals surface area contributed by atoms with E-state index in [1.54, 1.807) is 0 Å². The minimum atomic E-state index is -0.407. The lowest BCUT2D eigenvalue weighted by Gasteiger charge is -2.34. The quantitative estimate of drug-likeness (QED) is 0.778. The van der Waals surface area contributed by atoms with Crippen LogP contribution in [-0.2, 0) is 12.0 Å². The molecule has 0 aliphatic heterocycles. The van der Waals surface area contributed by atoms with Gasteiger partial charge in [0.1, 0.15) is 5.76 Å². The number of hydrogen-bond acceptors (Lipinski definition) is 6. The van der Waals surface area contributed by atoms with E-state index < -0.39 is 5.54 Å². The topological polar surface area (TPSA) is 91.0 Å². The van der Waals surface area contributed by atoms with Crippen LogP contribution in [0, 0.1) is 6.92 Å². The zero-order valence-electron chi connectivity index (χ0n) is 13.4. The first-order valence-electron chi connectivity index (χ1n) is 7.78. The normalized spacial score (nSPS) is 15.6. The molecule has 0 saturated heterocycles. The molecule has 0 amide bonds. The smallest absolute Gasteiger partial charge is 0.232 e. The first-order valence-corrected chi connectivity index (χ1v) is 7.78. The second kappa shape index (κ2) is 6.37. The first-order chi connectivity index (χ1) is 11.1. The molecule has 4 rings (SSSR count). The second-order valence-electron chi connectivity index (χ2n) is 6.09. The SMILES string of the molecule is Cc1oc(-c2ccccc2)nc1Cc1nc(C2(N)CCC2)no1.Cl. The van der Waals surface area contributed by atoms with Gasteiger partial charge in [-0.3, -0.25) is 0 Å². The maximum Gasteiger partial charge on any atom is 0.232 e. The van der Waals surface area contributed by atoms with E-state index in [0.29, 0.717) is 24.0 Å². The van der Waals surface area contributed by atoms with Gasteiger partial charge in [-0.05, 0) is 38.3 Å². The van der Waals surface area contributed by atoms with Crippen LogP contribution < -0.4 is 5.73 Å². The Kier molecular flexibility index (Phi) is 4.43. The van der Waals surface area contributed by atoms with Crippen molar-refractivity contribution in [3.05, 3.63) is 53.5 Å². The fraction of sp³-hybridized carbons (Fsp3) is 0.353. The van der Waals surface area contributed by atoms with E-state index in [-0.39, 0.29) is 12.4 Å². The summed E-state index contributed by atoms with van der Waals surface area (Å²) in [5.41, 5.74) is 7.57. The van der Waals surface area contributed by atoms with Gasteiger partial charge in [0.15, 0.2) is 5.82 Å². The molecular weight excluding hydrogens is 328 g/mol. The first kappa shape index (κ1) is 16.7. The molecule has 0 radical (unpaired) electrons. The Morgan fingerprint density at radius 1 is 1.17 bits per heavy atom. The summed E-state index contributed by atoms with van der Waals surface area (Å²) in [4.78, 5) is 8.99. The number of aryl methyl sites for hydroxylation is 1. The molecule has 2 N–H and O–H groups in total. The molecule has 0 unspecified atom stereocenters. The van der Waals surface area contributed by atoms with Crippen LogP contribution in [0.5, 0.6) is 0 Å². The van der Waals surface area contributed by atoms with Gasteiger partial charge in [-0.15, -0.1) is 12.4 Å². The van der Waals surface area contributed by atoms with E-state index in [9.17, 15) is 0 Å². The zero-order valence-corrected chi connectivity index (χ0v) is 14.2. The van der Waals surface area contributed by atoms with Gasteiger partial charge in [0.05, 0.1) is 17.7 Å². The summed E-state index contributed by atoms with van der Waals surface area (Å²) in [6, 6.07) is 9.81. The lowest BCUT2D eigenvalue weighted by atomic mass is 9.77. The van der Waals surface area contributed by atoms with Crippen LogP contribution in [0.3, 0.4) is 0 Å². The third-order valence-electron chi connectivity index (χ3n) is 4.39. The summed E-state index contributed by atoms with van der Waals surface area (Å²) in [5.74, 6) is 2.48. The molecule has 2 aromatic heterocycles. The van der Waals surface area contributed by atoms with Crippen LogP contribution in [0.2, 0.25) is 0 Å². The van der Waals surface area contributed by atoms with Crippen molar-refractivity contribution in [2.45, 2.75) is 38.1 Å². The van der Waals surface area contributed by atoms with Gasteiger partial charge in [0.2, 0.25) is 11.8 Å². The van der Waals surface area contributed by atoms with Crippen LogP contribution >= 0.6 is 12.4 Å². The average molecular weight is 347 g/mol. The Labute approximate surface area is 145 Å². The van der Waals surface area contributed by atoms with E-state index in [4.69, 9.17) is 14.7 Å². The molecule has 24 heavy (non-hydrogen) atoms. The molecule has 1 fully saturated rings. The molecule has 2 heterocycles. The van der Waals surface area contributed by atoms with E-state index in [2.05, 4.69) is 15.1 Å². The minimum Gasteiger partial charge on any atom is -0.441 e. The molecule has 7 heteroatoms. The van der Waals surface area contributed by atoms with Crippen LogP contribution in [0.25, 0.3) is 11.5 Å². The zero-order chi connectivity index (χ0) is 15.9. The summed E-state index contributed by atoms with van der Waals surface area (Å²) in [7, 11) is 0. The standard InChI is InChI=1S/C17H18N4O2.ClH/c1-11-13(19-15(22-11)12-6-3-2-4-7-12)10-14-20-16(21-23-14)17(18)8-5-9-17;/h2-4,6-7H,5,8-10,18H2,1H3;1H. The highest BCUT2D eigenvalue weighted by molar-refractivity contribution is 5.85. The Morgan fingerprint density at radius 3 is 2.58 bits per heavy atom. The Morgan fingerprint density at radius 2 is 1.92 bits per heavy atom. The van der Waals surface area contributed by atoms with Gasteiger partial charge in [-0.2, -0.15) is 4.98 Å². The van der Waals surface area contributed by atoms with Gasteiger partial charge >= 0.3 is 0 Å². The number of nitrogens with two attached hydrogens (primary N) is 1. The van der Waals surface area contributed by atoms with Crippen molar-refractivity contribution in [2.24, 2.45) is 5.73 Å². The fourth-order valence-electron chi connectivity index (χ4n) is 2.75. The highest BCUT2D eigenvalue weighted by atomic mass is 35.5. The predicted octanol–water partition coefficient (Wildman–Crippen LogP) is 3.38. The molecule has 1 aromatic carbocycles. The number of hydrogen-bond donors (Lipinski definition) is 1. The number of rotatable bonds is 4. The Bertz CT molecular complexity index is 824. The van der Waals surface area contributed by atoms with Crippen molar-refractivity contribution in [3.8, 4) is 11.5 Å². The molecular formula is C17H19ClN4O2. The molecule has 0 bridgehead atoms. The summed E-state index contributed by atoms with van der Waals surface area (Å²) in [6.45, 7) is 1.89. The molecule has 1 aliphatic carbocycles. The summed E-state index contributed by atoms with van der Waals surface area (Å²) >= 11 is 0. The highest BCUT2D eigenvalue weighted by Crippen LogP contribution is 2.37. The van der Waals surface area contributed by atoms with E-state index in [0.717, 1.165) is 36.3 Å². The monoisotopic (exact) mass is 346 g/mol. The molecule has 126 valence electrons. The van der Waals surface area contributed by atoms with Crippen molar-refractivity contribution in [1.29, 1.82) is 0 Å². The van der Waals surface area contributed by atoms with E-state index >= 15 is 0 Å². The van der Waals surface area contributed by atoms with Gasteiger partial charge in [-0.25, -0.2) is 4.98 Å². The largest absolute Gasteiger partial charge is 0.441 e. The van der Waals surface area contributed by atoms with Gasteiger partial charge in [0, 0.05) is 5.56 Å². The average Bonchev–Trinajstić information content (AvgIpc) is 3.14. The number of oxazole rings is 1. The van der Waals surface area contributed by atoms with Crippen LogP contribution in [0.1, 0.15) is 42.4 Å². The van der Waals surface area contributed by atoms with Crippen LogP contribution in [-0.4, -0.2) is 15.1 Å². The molecule has 0 atom stereocenters. The maximum atomic E-state index is 6.22. The number of halogens is 1. The molecule has 1 aliphatic rings. The van der Waals surface area contributed by atoms with Gasteiger partial charge in [0.25, 0.3) is 0 Å². The summed E-state index contributed by atoms with van der Waals surface area (Å²) in [5, 5.41) is 4.03. The maximum absolute atomic E-state index is 6.22. The van der Waals surface area contributed by atoms with E-state index in [1.165, 1.54) is 0 Å². The highest BCUT2D eigenvalue weighted by Gasteiger charge is 2.39. The van der Waals surface area contributed by atoms with E-state index in [1.807, 2.05) is 37.3 Å². The van der Waals surface area contributed by atoms with Crippen LogP contribution in [0.15, 0.2) is 39.3 Å². The van der Waals surface area contributed by atoms with Crippen molar-refractivity contribution in [1.82, 2.24) is 15.1 Å². The molecule has 6 nitrogen and oxygen atoms in total. The number of benzene rings is 1. The van der Waals surface area contributed by atoms with Crippen molar-refractivity contribution < 1.29 is 8.94 Å². The Balaban J connectivity index is 0.00000169. The van der Waals surface area contributed by atoms with Crippen molar-refractivity contribution in [2.75, 3.05) is 0 Å². The lowest BCUT2D eigenvalue weighted by molar-refractivity contribution is 0.229. The Hall–Kier alpha value is -2.18. The molecule has 1 saturated carbocycles. The second-order valence-corrected chi connectivity index (χ2v) is 6.09. The predicted molar refractivity (Wildman–Crippen MR) is 90.7 cm³/mol. The number of nitrogens with zero attached hydrogens (tertiary/aromatic N) is 3. The third kappa shape index (κ3) is 2.95. The lowest BCUT2D eigenvalue weighted by Crippen LogP contribution is -2.44. The third-order valence-corrected chi connectivity index (χ3v) is 4.39. The van der Waals surface area contributed by atoms with Crippen molar-refractivity contribution >= 4 is 12.4 Å². The fourth-order valence-corrected chi connectivity index (χ4v) is 2.75.